The summed E-state index contributed by atoms with van der Waals surface area (Å²) in [5.74, 6) is -3.15. The number of carbonyl (C=O) groups excluding carboxylic acids is 2. The van der Waals surface area contributed by atoms with Crippen molar-refractivity contribution >= 4 is 58.0 Å². The van der Waals surface area contributed by atoms with Gasteiger partial charge in [-0.25, -0.2) is 14.8 Å². The summed E-state index contributed by atoms with van der Waals surface area (Å²) in [6, 6.07) is 19.2. The van der Waals surface area contributed by atoms with Gasteiger partial charge in [-0.3, -0.25) is 10.1 Å². The molecule has 7 rings (SSSR count). The highest BCUT2D eigenvalue weighted by Crippen LogP contribution is 2.47. The first-order valence-corrected chi connectivity index (χ1v) is 18.5. The van der Waals surface area contributed by atoms with Crippen molar-refractivity contribution < 1.29 is 47.5 Å². The normalized spacial score (nSPS) is 22.8. The first-order valence-electron chi connectivity index (χ1n) is 18.5. The maximum atomic E-state index is 13.1. The fraction of sp³-hybridized carbons (Fsp3) is 0.385. The van der Waals surface area contributed by atoms with Crippen LogP contribution in [0.5, 0.6) is 11.5 Å². The van der Waals surface area contributed by atoms with Gasteiger partial charge in [0.2, 0.25) is 11.7 Å². The smallest absolute Gasteiger partial charge is 0.413 e. The Labute approximate surface area is 338 Å². The van der Waals surface area contributed by atoms with E-state index in [4.69, 9.17) is 49.4 Å². The Morgan fingerprint density at radius 2 is 1.44 bits per heavy atom. The first kappa shape index (κ1) is 40.9. The quantitative estimate of drug-likeness (QED) is 0.105. The lowest BCUT2D eigenvalue weighted by molar-refractivity contribution is -0.293. The Balaban J connectivity index is 0.974. The van der Waals surface area contributed by atoms with Crippen LogP contribution in [0.1, 0.15) is 40.2 Å². The second-order valence-electron chi connectivity index (χ2n) is 14.6. The lowest BCUT2D eigenvalue weighted by atomic mass is 9.97. The van der Waals surface area contributed by atoms with E-state index in [2.05, 4.69) is 41.1 Å². The Kier molecular flexibility index (Phi) is 11.4. The summed E-state index contributed by atoms with van der Waals surface area (Å²) in [5.41, 5.74) is 14.6. The molecule has 59 heavy (non-hydrogen) atoms. The highest BCUT2D eigenvalue weighted by molar-refractivity contribution is 5.90. The van der Waals surface area contributed by atoms with E-state index in [1.54, 1.807) is 70.2 Å². The average molecular weight is 813 g/mol. The maximum absolute atomic E-state index is 13.1. The van der Waals surface area contributed by atoms with Crippen LogP contribution >= 0.6 is 0 Å². The summed E-state index contributed by atoms with van der Waals surface area (Å²) < 4.78 is 47.5. The third-order valence-corrected chi connectivity index (χ3v) is 9.04. The van der Waals surface area contributed by atoms with Gasteiger partial charge in [0.1, 0.15) is 36.3 Å². The van der Waals surface area contributed by atoms with Gasteiger partial charge >= 0.3 is 6.09 Å². The lowest BCUT2D eigenvalue weighted by Crippen LogP contribution is -2.60. The molecule has 2 amide bonds. The number of rotatable bonds is 12. The molecule has 2 aromatic carbocycles. The van der Waals surface area contributed by atoms with Gasteiger partial charge in [0.05, 0.1) is 25.1 Å². The number of benzene rings is 2. The lowest BCUT2D eigenvalue weighted by Gasteiger charge is -2.40. The summed E-state index contributed by atoms with van der Waals surface area (Å²) in [6.45, 7) is 8.35. The molecule has 6 N–H and O–H groups in total. The van der Waals surface area contributed by atoms with Crippen molar-refractivity contribution in [3.63, 3.8) is 0 Å². The van der Waals surface area contributed by atoms with E-state index in [1.165, 1.54) is 20.1 Å². The maximum Gasteiger partial charge on any atom is 0.413 e. The van der Waals surface area contributed by atoms with Crippen molar-refractivity contribution in [2.24, 2.45) is 20.5 Å². The molecule has 0 radical (unpaired) electrons. The van der Waals surface area contributed by atoms with Gasteiger partial charge in [-0.15, -0.1) is 10.2 Å². The number of azo groups is 2. The molecule has 20 heteroatoms. The zero-order valence-corrected chi connectivity index (χ0v) is 33.1. The molecule has 4 aromatic rings. The summed E-state index contributed by atoms with van der Waals surface area (Å²) in [6.07, 6.45) is -2.51. The summed E-state index contributed by atoms with van der Waals surface area (Å²) in [5, 5.41) is 22.1. The summed E-state index contributed by atoms with van der Waals surface area (Å²) >= 11 is 0. The topological polar surface area (TPSA) is 259 Å². The Morgan fingerprint density at radius 3 is 2.08 bits per heavy atom. The summed E-state index contributed by atoms with van der Waals surface area (Å²) in [4.78, 5) is 33.5. The number of pyridine rings is 2. The SMILES string of the molecule is COc1cc(/N=N/c2ccc(COc3cc(/N=N/c4ccccc4)c(N)nc3NC(C)=O)cc2)c(N)nc1NC(=O)OC[C@@]12OC[C@H]3OC(C)(C)O[C@H]3[C@@H]1OC(C)(C)O2. The van der Waals surface area contributed by atoms with Crippen LogP contribution in [0, 0.1) is 0 Å². The van der Waals surface area contributed by atoms with Gasteiger partial charge in [0.15, 0.2) is 53.0 Å². The van der Waals surface area contributed by atoms with Crippen LogP contribution in [0.3, 0.4) is 0 Å². The van der Waals surface area contributed by atoms with Gasteiger partial charge in [0.25, 0.3) is 0 Å². The molecule has 0 aliphatic carbocycles. The molecule has 0 unspecified atom stereocenters. The number of hydrogen-bond donors (Lipinski definition) is 4. The monoisotopic (exact) mass is 812 g/mol. The molecule has 2 aromatic heterocycles. The molecule has 0 bridgehead atoms. The number of anilines is 4. The van der Waals surface area contributed by atoms with E-state index < -0.39 is 35.7 Å². The Bertz CT molecular complexity index is 2260. The Morgan fingerprint density at radius 1 is 0.814 bits per heavy atom. The van der Waals surface area contributed by atoms with Gasteiger partial charge in [-0.2, -0.15) is 10.2 Å². The van der Waals surface area contributed by atoms with E-state index in [-0.39, 0.29) is 78.0 Å². The number of carbonyl (C=O) groups is 2. The summed E-state index contributed by atoms with van der Waals surface area (Å²) in [7, 11) is 1.40. The van der Waals surface area contributed by atoms with Crippen molar-refractivity contribution in [3.05, 3.63) is 72.3 Å². The molecule has 3 saturated heterocycles. The van der Waals surface area contributed by atoms with Crippen molar-refractivity contribution in [2.75, 3.05) is 42.4 Å². The second-order valence-corrected chi connectivity index (χ2v) is 14.6. The second kappa shape index (κ2) is 16.5. The van der Waals surface area contributed by atoms with Gasteiger partial charge in [-0.1, -0.05) is 30.3 Å². The van der Waals surface area contributed by atoms with E-state index in [0.717, 1.165) is 5.56 Å². The van der Waals surface area contributed by atoms with Crippen LogP contribution in [-0.4, -0.2) is 78.0 Å². The van der Waals surface area contributed by atoms with Crippen LogP contribution in [0.25, 0.3) is 0 Å². The highest BCUT2D eigenvalue weighted by atomic mass is 16.9. The number of hydrogen-bond acceptors (Lipinski definition) is 18. The third-order valence-electron chi connectivity index (χ3n) is 9.04. The standard InChI is InChI=1S/C39H44N10O10/c1-21(50)42-35-28(17-26(33(41)44-35)49-46-23-10-8-7-9-11-23)53-18-22-12-14-24(15-13-22)47-48-25-16-27(52-6)34(43-32(25)40)45-36(51)54-20-39-31(58-38(4,5)59-39)30-29(19-55-39)56-37(2,3)57-30/h7-17,29-31H,18-20H2,1-6H3,(H3,40,43,45,51)(H3,41,42,44,50)/b48-47+,49-46+/t29-,30-,31+,39+/m1/s1. The van der Waals surface area contributed by atoms with Crippen molar-refractivity contribution in [3.8, 4) is 11.5 Å². The molecule has 20 nitrogen and oxygen atoms in total. The number of nitrogens with one attached hydrogen (secondary N) is 2. The molecule has 5 heterocycles. The number of nitrogen functional groups attached to an aromatic ring is 2. The minimum absolute atomic E-state index is 0.0143. The molecule has 3 fully saturated rings. The molecule has 4 atom stereocenters. The van der Waals surface area contributed by atoms with Gasteiger partial charge < -0.3 is 54.7 Å². The molecule has 0 saturated carbocycles. The van der Waals surface area contributed by atoms with E-state index in [0.29, 0.717) is 11.4 Å². The van der Waals surface area contributed by atoms with Crippen molar-refractivity contribution in [2.45, 2.75) is 76.9 Å². The van der Waals surface area contributed by atoms with Crippen LogP contribution in [0.15, 0.2) is 87.2 Å². The molecule has 0 spiro atoms. The van der Waals surface area contributed by atoms with Crippen LogP contribution in [0.2, 0.25) is 0 Å². The predicted octanol–water partition coefficient (Wildman–Crippen LogP) is 6.96. The Hall–Kier alpha value is -6.32. The minimum Gasteiger partial charge on any atom is -0.493 e. The van der Waals surface area contributed by atoms with E-state index >= 15 is 0 Å². The fourth-order valence-electron chi connectivity index (χ4n) is 6.55. The molecular formula is C39H44N10O10. The third kappa shape index (κ3) is 9.53. The van der Waals surface area contributed by atoms with Gasteiger partial charge in [0, 0.05) is 19.1 Å². The van der Waals surface area contributed by atoms with Crippen LogP contribution < -0.4 is 31.6 Å². The zero-order valence-electron chi connectivity index (χ0n) is 33.1. The number of ether oxygens (including phenoxy) is 8. The average Bonchev–Trinajstić information content (AvgIpc) is 3.67. The number of nitrogens with two attached hydrogens (primary N) is 2. The van der Waals surface area contributed by atoms with Crippen LogP contribution in [0.4, 0.5) is 50.8 Å². The predicted molar refractivity (Wildman–Crippen MR) is 211 cm³/mol. The number of aromatic nitrogens is 2. The number of fused-ring (bicyclic) bond motifs is 3. The number of methoxy groups -OCH3 is 1. The number of nitrogens with zero attached hydrogens (tertiary/aromatic N) is 6. The molecule has 3 aliphatic heterocycles. The first-order chi connectivity index (χ1) is 28.1. The number of amides is 2. The van der Waals surface area contributed by atoms with Crippen molar-refractivity contribution in [1.29, 1.82) is 0 Å². The largest absolute Gasteiger partial charge is 0.493 e. The minimum atomic E-state index is -1.44. The highest BCUT2D eigenvalue weighted by Gasteiger charge is 2.66. The molecule has 310 valence electrons. The zero-order chi connectivity index (χ0) is 42.0. The van der Waals surface area contributed by atoms with Gasteiger partial charge in [-0.05, 0) is 57.5 Å². The molecule has 3 aliphatic rings. The van der Waals surface area contributed by atoms with E-state index in [1.807, 2.05) is 18.2 Å². The van der Waals surface area contributed by atoms with Crippen molar-refractivity contribution in [1.82, 2.24) is 9.97 Å². The fourth-order valence-corrected chi connectivity index (χ4v) is 6.55. The van der Waals surface area contributed by atoms with Crippen LogP contribution in [-0.2, 0) is 39.8 Å². The van der Waals surface area contributed by atoms with E-state index in [9.17, 15) is 9.59 Å². The molecular weight excluding hydrogens is 768 g/mol.